The second-order valence-electron chi connectivity index (χ2n) is 2.99. The minimum Gasteiger partial charge on any atom is -0.385 e. The lowest BCUT2D eigenvalue weighted by Crippen LogP contribution is -2.42. The molecule has 4 nitrogen and oxygen atoms in total. The summed E-state index contributed by atoms with van der Waals surface area (Å²) < 4.78 is 15.3. The van der Waals surface area contributed by atoms with Crippen molar-refractivity contribution in [1.82, 2.24) is 0 Å². The Bertz CT molecular complexity index is 152. The molecule has 0 bridgehead atoms. The molecule has 1 aliphatic heterocycles. The van der Waals surface area contributed by atoms with E-state index in [1.807, 2.05) is 0 Å². The van der Waals surface area contributed by atoms with Gasteiger partial charge in [0.2, 0.25) is 0 Å². The zero-order valence-electron chi connectivity index (χ0n) is 6.50. The van der Waals surface area contributed by atoms with E-state index in [0.717, 1.165) is 0 Å². The molecule has 0 aromatic carbocycles. The first-order valence-electron chi connectivity index (χ1n) is 3.46. The minimum atomic E-state index is -0.902. The van der Waals surface area contributed by atoms with E-state index >= 15 is 0 Å². The lowest BCUT2D eigenvalue weighted by Gasteiger charge is -2.23. The molecule has 6 heteroatoms. The van der Waals surface area contributed by atoms with E-state index in [0.29, 0.717) is 13.2 Å². The summed E-state index contributed by atoms with van der Waals surface area (Å²) in [5.41, 5.74) is -0.902. The maximum atomic E-state index is 9.74. The highest BCUT2D eigenvalue weighted by molar-refractivity contribution is 14.1. The topological polar surface area (TPSA) is 47.9 Å². The highest BCUT2D eigenvalue weighted by atomic mass is 127. The molecule has 0 aromatic heterocycles. The third kappa shape index (κ3) is 2.41. The molecule has 1 fully saturated rings. The lowest BCUT2D eigenvalue weighted by molar-refractivity contribution is -0.00532. The molecule has 0 amide bonds. The quantitative estimate of drug-likeness (QED) is 0.725. The normalized spacial score (nSPS) is 42.0. The van der Waals surface area contributed by atoms with Gasteiger partial charge in [0, 0.05) is 0 Å². The first-order chi connectivity index (χ1) is 5.61. The molecular weight excluding hydrogens is 390 g/mol. The molecule has 72 valence electrons. The van der Waals surface area contributed by atoms with Crippen LogP contribution in [-0.2, 0) is 10.9 Å². The maximum Gasteiger partial charge on any atom is 0.129 e. The summed E-state index contributed by atoms with van der Waals surface area (Å²) in [7, 11) is 0. The van der Waals surface area contributed by atoms with Crippen LogP contribution in [0, 0.1) is 0 Å². The van der Waals surface area contributed by atoms with Gasteiger partial charge in [-0.1, -0.05) is 0 Å². The van der Waals surface area contributed by atoms with E-state index in [1.54, 1.807) is 52.9 Å². The van der Waals surface area contributed by atoms with Gasteiger partial charge in [0.1, 0.15) is 63.8 Å². The van der Waals surface area contributed by atoms with Gasteiger partial charge in [-0.3, -0.25) is 0 Å². The highest BCUT2D eigenvalue weighted by Gasteiger charge is 2.46. The molecular formula is C6H10I2O4. The Morgan fingerprint density at radius 3 is 2.83 bits per heavy atom. The van der Waals surface area contributed by atoms with Crippen molar-refractivity contribution in [2.75, 3.05) is 13.2 Å². The molecule has 1 saturated heterocycles. The van der Waals surface area contributed by atoms with Gasteiger partial charge in [-0.25, -0.2) is 0 Å². The van der Waals surface area contributed by atoms with E-state index in [2.05, 4.69) is 0 Å². The van der Waals surface area contributed by atoms with Gasteiger partial charge in [-0.05, 0) is 6.92 Å². The van der Waals surface area contributed by atoms with Gasteiger partial charge in [-0.2, -0.15) is 0 Å². The third-order valence-corrected chi connectivity index (χ3v) is 2.77. The first kappa shape index (κ1) is 11.4. The van der Waals surface area contributed by atoms with E-state index < -0.39 is 5.60 Å². The number of hydrogen-bond donors (Lipinski definition) is 1. The van der Waals surface area contributed by atoms with Crippen molar-refractivity contribution in [3.8, 4) is 0 Å². The predicted octanol–water partition coefficient (Wildman–Crippen LogP) is 1.24. The summed E-state index contributed by atoms with van der Waals surface area (Å²) in [6.45, 7) is 2.43. The Hall–Kier alpha value is 1.30. The molecule has 0 spiro atoms. The van der Waals surface area contributed by atoms with Crippen LogP contribution in [0.5, 0.6) is 0 Å². The van der Waals surface area contributed by atoms with E-state index in [1.165, 1.54) is 0 Å². The van der Waals surface area contributed by atoms with Crippen LogP contribution in [-0.4, -0.2) is 36.1 Å². The summed E-state index contributed by atoms with van der Waals surface area (Å²) in [4.78, 5) is 0. The van der Waals surface area contributed by atoms with Crippen LogP contribution < -0.4 is 0 Å². The largest absolute Gasteiger partial charge is 0.385 e. The molecule has 0 radical (unpaired) electrons. The zero-order valence-corrected chi connectivity index (χ0v) is 10.8. The SMILES string of the molecule is C[C@]1(O)CO[C@@H](COI)[C@@H]1OI. The van der Waals surface area contributed by atoms with Gasteiger partial charge in [0.05, 0.1) is 13.2 Å². The molecule has 12 heavy (non-hydrogen) atoms. The number of aliphatic hydroxyl groups is 1. The van der Waals surface area contributed by atoms with Crippen molar-refractivity contribution >= 4 is 46.0 Å². The Balaban J connectivity index is 2.56. The molecule has 3 atom stereocenters. The summed E-state index contributed by atoms with van der Waals surface area (Å²) in [6.07, 6.45) is -0.485. The van der Waals surface area contributed by atoms with Gasteiger partial charge in [-0.15, -0.1) is 0 Å². The van der Waals surface area contributed by atoms with E-state index in [9.17, 15) is 5.11 Å². The monoisotopic (exact) mass is 400 g/mol. The zero-order chi connectivity index (χ0) is 9.19. The van der Waals surface area contributed by atoms with Crippen LogP contribution in [0.1, 0.15) is 6.92 Å². The summed E-state index contributed by atoms with van der Waals surface area (Å²) >= 11 is 3.57. The predicted molar refractivity (Wildman–Crippen MR) is 59.2 cm³/mol. The Morgan fingerprint density at radius 1 is 1.67 bits per heavy atom. The van der Waals surface area contributed by atoms with Crippen LogP contribution in [0.3, 0.4) is 0 Å². The van der Waals surface area contributed by atoms with Crippen LogP contribution in [0.4, 0.5) is 0 Å². The summed E-state index contributed by atoms with van der Waals surface area (Å²) in [5, 5.41) is 9.74. The minimum absolute atomic E-state index is 0.172. The third-order valence-electron chi connectivity index (χ3n) is 1.86. The van der Waals surface area contributed by atoms with Gasteiger partial charge in [0.25, 0.3) is 0 Å². The molecule has 0 saturated carbocycles. The van der Waals surface area contributed by atoms with Gasteiger partial charge in [0.15, 0.2) is 0 Å². The van der Waals surface area contributed by atoms with Crippen molar-refractivity contribution in [3.63, 3.8) is 0 Å². The average molecular weight is 400 g/mol. The Labute approximate surface area is 99.3 Å². The van der Waals surface area contributed by atoms with E-state index in [4.69, 9.17) is 10.9 Å². The van der Waals surface area contributed by atoms with E-state index in [-0.39, 0.29) is 12.2 Å². The van der Waals surface area contributed by atoms with Crippen LogP contribution in [0.2, 0.25) is 0 Å². The lowest BCUT2D eigenvalue weighted by atomic mass is 10.00. The molecule has 0 aliphatic carbocycles. The Kier molecular flexibility index (Phi) is 4.45. The van der Waals surface area contributed by atoms with Gasteiger partial charge >= 0.3 is 0 Å². The Morgan fingerprint density at radius 2 is 2.33 bits per heavy atom. The number of ether oxygens (including phenoxy) is 1. The van der Waals surface area contributed by atoms with Crippen molar-refractivity contribution < 1.29 is 16.0 Å². The van der Waals surface area contributed by atoms with Crippen molar-refractivity contribution in [2.45, 2.75) is 24.7 Å². The number of hydrogen-bond acceptors (Lipinski definition) is 4. The summed E-state index contributed by atoms with van der Waals surface area (Å²) in [6, 6.07) is 0. The molecule has 1 heterocycles. The molecule has 1 rings (SSSR count). The molecule has 0 unspecified atom stereocenters. The molecule has 0 aromatic rings. The molecule has 1 aliphatic rings. The highest BCUT2D eigenvalue weighted by Crippen LogP contribution is 2.29. The van der Waals surface area contributed by atoms with Crippen LogP contribution in [0.15, 0.2) is 0 Å². The smallest absolute Gasteiger partial charge is 0.129 e. The fourth-order valence-corrected chi connectivity index (χ4v) is 2.43. The average Bonchev–Trinajstić information content (AvgIpc) is 2.27. The second-order valence-corrected chi connectivity index (χ2v) is 4.12. The number of rotatable bonds is 3. The fraction of sp³-hybridized carbons (Fsp3) is 1.00. The maximum absolute atomic E-state index is 9.74. The standard InChI is InChI=1S/C6H10I2O4/c1-6(9)3-10-4(2-11-7)5(6)12-8/h4-5,9H,2-3H2,1H3/t4-,5-,6-/m0/s1. The number of halogens is 2. The van der Waals surface area contributed by atoms with Crippen molar-refractivity contribution in [2.24, 2.45) is 0 Å². The van der Waals surface area contributed by atoms with Crippen molar-refractivity contribution in [3.05, 3.63) is 0 Å². The van der Waals surface area contributed by atoms with Crippen LogP contribution >= 0.6 is 46.0 Å². The first-order valence-corrected chi connectivity index (χ1v) is 5.23. The fourth-order valence-electron chi connectivity index (χ4n) is 1.20. The summed E-state index contributed by atoms with van der Waals surface area (Å²) in [5.74, 6) is 0. The van der Waals surface area contributed by atoms with Crippen molar-refractivity contribution in [1.29, 1.82) is 0 Å². The second kappa shape index (κ2) is 4.69. The molecule has 1 N–H and O–H groups in total. The van der Waals surface area contributed by atoms with Crippen LogP contribution in [0.25, 0.3) is 0 Å². The van der Waals surface area contributed by atoms with Gasteiger partial charge < -0.3 is 16.0 Å².